The van der Waals surface area contributed by atoms with Crippen molar-refractivity contribution in [2.75, 3.05) is 0 Å². The summed E-state index contributed by atoms with van der Waals surface area (Å²) in [7, 11) is 0. The summed E-state index contributed by atoms with van der Waals surface area (Å²) in [6, 6.07) is 13.8. The van der Waals surface area contributed by atoms with Gasteiger partial charge in [-0.1, -0.05) is 12.1 Å². The minimum atomic E-state index is -0.280. The van der Waals surface area contributed by atoms with E-state index < -0.39 is 0 Å². The highest BCUT2D eigenvalue weighted by Gasteiger charge is 2.33. The zero-order valence-electron chi connectivity index (χ0n) is 15.6. The Morgan fingerprint density at radius 1 is 1.25 bits per heavy atom. The van der Waals surface area contributed by atoms with Crippen LogP contribution in [0.3, 0.4) is 0 Å². The number of hydrogen-bond donors (Lipinski definition) is 0. The number of hydrogen-bond acceptors (Lipinski definition) is 4. The number of benzene rings is 2. The first-order valence-electron chi connectivity index (χ1n) is 9.28. The molecule has 3 aromatic rings. The minimum Gasteiger partial charge on any atom is -0.487 e. The molecule has 0 radical (unpaired) electrons. The van der Waals surface area contributed by atoms with Crippen molar-refractivity contribution in [3.63, 3.8) is 0 Å². The summed E-state index contributed by atoms with van der Waals surface area (Å²) in [6.07, 6.45) is 1.99. The summed E-state index contributed by atoms with van der Waals surface area (Å²) >= 11 is 1.59. The first-order valence-corrected chi connectivity index (χ1v) is 10.2. The summed E-state index contributed by atoms with van der Waals surface area (Å²) in [5, 5.41) is 2.99. The van der Waals surface area contributed by atoms with Crippen molar-refractivity contribution in [3.05, 3.63) is 81.6 Å². The van der Waals surface area contributed by atoms with Gasteiger partial charge in [0.15, 0.2) is 0 Å². The van der Waals surface area contributed by atoms with Gasteiger partial charge < -0.3 is 9.64 Å². The molecule has 1 saturated carbocycles. The Kier molecular flexibility index (Phi) is 5.39. The summed E-state index contributed by atoms with van der Waals surface area (Å²) in [6.45, 7) is 2.79. The second kappa shape index (κ2) is 8.10. The molecule has 1 heterocycles. The molecule has 0 atom stereocenters. The molecule has 0 N–H and O–H groups in total. The third kappa shape index (κ3) is 4.57. The van der Waals surface area contributed by atoms with Gasteiger partial charge in [-0.25, -0.2) is 9.37 Å². The maximum Gasteiger partial charge on any atom is 0.254 e. The second-order valence-electron chi connectivity index (χ2n) is 6.97. The number of nitrogens with zero attached hydrogens (tertiary/aromatic N) is 2. The molecule has 4 rings (SSSR count). The van der Waals surface area contributed by atoms with Crippen LogP contribution in [0.2, 0.25) is 0 Å². The van der Waals surface area contributed by atoms with Crippen LogP contribution in [0.15, 0.2) is 53.9 Å². The van der Waals surface area contributed by atoms with Crippen LogP contribution in [-0.2, 0) is 13.2 Å². The average molecular weight is 396 g/mol. The molecular weight excluding hydrogens is 375 g/mol. The molecule has 1 amide bonds. The number of aromatic nitrogens is 1. The molecule has 2 aromatic carbocycles. The SMILES string of the molecule is Cc1nc(COc2ccc(C(=O)N(Cc3cccc(F)c3)C3CC3)cc2)cs1. The molecule has 28 heavy (non-hydrogen) atoms. The number of rotatable bonds is 7. The average Bonchev–Trinajstić information content (AvgIpc) is 3.45. The minimum absolute atomic E-state index is 0.0339. The summed E-state index contributed by atoms with van der Waals surface area (Å²) in [4.78, 5) is 19.2. The topological polar surface area (TPSA) is 42.4 Å². The van der Waals surface area contributed by atoms with Gasteiger partial charge in [0.25, 0.3) is 5.91 Å². The van der Waals surface area contributed by atoms with Crippen molar-refractivity contribution in [2.45, 2.75) is 39.0 Å². The maximum absolute atomic E-state index is 13.5. The molecule has 6 heteroatoms. The van der Waals surface area contributed by atoms with E-state index in [2.05, 4.69) is 4.98 Å². The molecule has 0 spiro atoms. The zero-order chi connectivity index (χ0) is 19.5. The Labute approximate surface area is 167 Å². The smallest absolute Gasteiger partial charge is 0.254 e. The third-order valence-electron chi connectivity index (χ3n) is 4.65. The van der Waals surface area contributed by atoms with E-state index in [1.807, 2.05) is 23.3 Å². The van der Waals surface area contributed by atoms with Gasteiger partial charge in [-0.05, 0) is 61.7 Å². The number of thiazole rings is 1. The monoisotopic (exact) mass is 396 g/mol. The number of ether oxygens (including phenoxy) is 1. The van der Waals surface area contributed by atoms with E-state index in [0.717, 1.165) is 29.1 Å². The molecule has 1 aliphatic carbocycles. The van der Waals surface area contributed by atoms with Gasteiger partial charge in [-0.15, -0.1) is 11.3 Å². The van der Waals surface area contributed by atoms with Crippen LogP contribution in [0, 0.1) is 12.7 Å². The lowest BCUT2D eigenvalue weighted by molar-refractivity contribution is 0.0729. The lowest BCUT2D eigenvalue weighted by Crippen LogP contribution is -2.32. The summed E-state index contributed by atoms with van der Waals surface area (Å²) < 4.78 is 19.2. The van der Waals surface area contributed by atoms with E-state index in [4.69, 9.17) is 4.74 Å². The fourth-order valence-electron chi connectivity index (χ4n) is 3.08. The van der Waals surface area contributed by atoms with Gasteiger partial charge in [-0.3, -0.25) is 4.79 Å². The first kappa shape index (κ1) is 18.6. The number of carbonyl (C=O) groups excluding carboxylic acids is 1. The van der Waals surface area contributed by atoms with Crippen molar-refractivity contribution in [3.8, 4) is 5.75 Å². The first-order chi connectivity index (χ1) is 13.6. The van der Waals surface area contributed by atoms with Crippen molar-refractivity contribution < 1.29 is 13.9 Å². The molecule has 0 unspecified atom stereocenters. The van der Waals surface area contributed by atoms with E-state index >= 15 is 0 Å². The Morgan fingerprint density at radius 2 is 2.04 bits per heavy atom. The van der Waals surface area contributed by atoms with Crippen LogP contribution in [0.1, 0.15) is 39.5 Å². The lowest BCUT2D eigenvalue weighted by Gasteiger charge is -2.23. The van der Waals surface area contributed by atoms with E-state index in [-0.39, 0.29) is 17.8 Å². The molecule has 0 bridgehead atoms. The van der Waals surface area contributed by atoms with Crippen LogP contribution in [0.25, 0.3) is 0 Å². The van der Waals surface area contributed by atoms with Crippen molar-refractivity contribution >= 4 is 17.2 Å². The highest BCUT2D eigenvalue weighted by atomic mass is 32.1. The van der Waals surface area contributed by atoms with Gasteiger partial charge in [0.05, 0.1) is 10.7 Å². The highest BCUT2D eigenvalue weighted by molar-refractivity contribution is 7.09. The number of halogens is 1. The predicted octanol–water partition coefficient (Wildman–Crippen LogP) is 4.97. The predicted molar refractivity (Wildman–Crippen MR) is 107 cm³/mol. The quantitative estimate of drug-likeness (QED) is 0.566. The summed E-state index contributed by atoms with van der Waals surface area (Å²) in [5.41, 5.74) is 2.32. The van der Waals surface area contributed by atoms with Gasteiger partial charge in [0.2, 0.25) is 0 Å². The molecular formula is C22H21FN2O2S. The van der Waals surface area contributed by atoms with Crippen LogP contribution in [0.4, 0.5) is 4.39 Å². The van der Waals surface area contributed by atoms with Gasteiger partial charge in [0, 0.05) is 23.5 Å². The van der Waals surface area contributed by atoms with Crippen LogP contribution < -0.4 is 4.74 Å². The van der Waals surface area contributed by atoms with Crippen LogP contribution in [-0.4, -0.2) is 21.8 Å². The maximum atomic E-state index is 13.5. The standard InChI is InChI=1S/C22H21FN2O2S/c1-15-24-19(14-28-15)13-27-21-9-5-17(6-10-21)22(26)25(20-7-8-20)12-16-3-2-4-18(23)11-16/h2-6,9-11,14,20H,7-8,12-13H2,1H3. The second-order valence-corrected chi connectivity index (χ2v) is 8.03. The fourth-order valence-corrected chi connectivity index (χ4v) is 3.67. The van der Waals surface area contributed by atoms with Crippen LogP contribution >= 0.6 is 11.3 Å². The molecule has 1 aliphatic rings. The number of aryl methyl sites for hydroxylation is 1. The van der Waals surface area contributed by atoms with Crippen molar-refractivity contribution in [2.24, 2.45) is 0 Å². The lowest BCUT2D eigenvalue weighted by atomic mass is 10.1. The van der Waals surface area contributed by atoms with E-state index in [0.29, 0.717) is 24.5 Å². The van der Waals surface area contributed by atoms with Crippen LogP contribution in [0.5, 0.6) is 5.75 Å². The van der Waals surface area contributed by atoms with Crippen molar-refractivity contribution in [1.29, 1.82) is 0 Å². The van der Waals surface area contributed by atoms with Gasteiger partial charge in [0.1, 0.15) is 18.2 Å². The Balaban J connectivity index is 1.42. The normalized spacial score (nSPS) is 13.4. The largest absolute Gasteiger partial charge is 0.487 e. The Hall–Kier alpha value is -2.73. The zero-order valence-corrected chi connectivity index (χ0v) is 16.4. The van der Waals surface area contributed by atoms with E-state index in [9.17, 15) is 9.18 Å². The van der Waals surface area contributed by atoms with E-state index in [1.165, 1.54) is 12.1 Å². The van der Waals surface area contributed by atoms with Gasteiger partial charge >= 0.3 is 0 Å². The van der Waals surface area contributed by atoms with E-state index in [1.54, 1.807) is 41.7 Å². The Bertz CT molecular complexity index is 967. The molecule has 0 aliphatic heterocycles. The highest BCUT2D eigenvalue weighted by Crippen LogP contribution is 2.30. The Morgan fingerprint density at radius 3 is 2.68 bits per heavy atom. The van der Waals surface area contributed by atoms with Crippen molar-refractivity contribution in [1.82, 2.24) is 9.88 Å². The fraction of sp³-hybridized carbons (Fsp3) is 0.273. The molecule has 1 fully saturated rings. The number of amides is 1. The molecule has 1 aromatic heterocycles. The molecule has 144 valence electrons. The van der Waals surface area contributed by atoms with Gasteiger partial charge in [-0.2, -0.15) is 0 Å². The molecule has 0 saturated heterocycles. The summed E-state index contributed by atoms with van der Waals surface area (Å²) in [5.74, 6) is 0.385. The third-order valence-corrected chi connectivity index (χ3v) is 5.47. The number of carbonyl (C=O) groups is 1. The molecule has 4 nitrogen and oxygen atoms in total.